The molecule has 1 fully saturated rings. The van der Waals surface area contributed by atoms with Gasteiger partial charge in [-0.3, -0.25) is 4.79 Å². The first kappa shape index (κ1) is 16.8. The molecule has 1 heterocycles. The second-order valence-electron chi connectivity index (χ2n) is 6.91. The lowest BCUT2D eigenvalue weighted by Crippen LogP contribution is -2.40. The lowest BCUT2D eigenvalue weighted by atomic mass is 10.1. The third-order valence-electron chi connectivity index (χ3n) is 3.15. The second kappa shape index (κ2) is 6.95. The van der Waals surface area contributed by atoms with Gasteiger partial charge in [-0.05, 0) is 39.5 Å². The summed E-state index contributed by atoms with van der Waals surface area (Å²) in [6, 6.07) is 0.0576. The Kier molecular flexibility index (Phi) is 5.84. The predicted octanol–water partition coefficient (Wildman–Crippen LogP) is 2.55. The first-order valence-electron chi connectivity index (χ1n) is 7.44. The van der Waals surface area contributed by atoms with Crippen molar-refractivity contribution in [1.82, 2.24) is 10.2 Å². The van der Waals surface area contributed by atoms with E-state index in [-0.39, 0.29) is 18.0 Å². The smallest absolute Gasteiger partial charge is 0.410 e. The molecule has 1 unspecified atom stereocenters. The summed E-state index contributed by atoms with van der Waals surface area (Å²) in [5.74, 6) is 0.609. The summed E-state index contributed by atoms with van der Waals surface area (Å²) >= 11 is 0. The zero-order valence-corrected chi connectivity index (χ0v) is 13.4. The van der Waals surface area contributed by atoms with Gasteiger partial charge in [-0.2, -0.15) is 0 Å². The van der Waals surface area contributed by atoms with E-state index in [0.717, 1.165) is 12.8 Å². The molecule has 0 aromatic rings. The van der Waals surface area contributed by atoms with Gasteiger partial charge >= 0.3 is 6.09 Å². The van der Waals surface area contributed by atoms with Crippen LogP contribution in [-0.2, 0) is 9.53 Å². The molecule has 0 bridgehead atoms. The summed E-state index contributed by atoms with van der Waals surface area (Å²) in [5.41, 5.74) is -0.477. The minimum Gasteiger partial charge on any atom is -0.444 e. The summed E-state index contributed by atoms with van der Waals surface area (Å²) in [4.78, 5) is 25.3. The Morgan fingerprint density at radius 1 is 1.35 bits per heavy atom. The summed E-state index contributed by atoms with van der Waals surface area (Å²) in [5, 5.41) is 2.99. The summed E-state index contributed by atoms with van der Waals surface area (Å²) < 4.78 is 5.33. The highest BCUT2D eigenvalue weighted by atomic mass is 16.6. The van der Waals surface area contributed by atoms with Gasteiger partial charge in [-0.15, -0.1) is 0 Å². The van der Waals surface area contributed by atoms with Crippen LogP contribution in [0.4, 0.5) is 4.79 Å². The molecule has 5 heteroatoms. The predicted molar refractivity (Wildman–Crippen MR) is 78.4 cm³/mol. The van der Waals surface area contributed by atoms with Crippen LogP contribution in [0.25, 0.3) is 0 Å². The van der Waals surface area contributed by atoms with Gasteiger partial charge < -0.3 is 15.0 Å². The Morgan fingerprint density at radius 3 is 2.55 bits per heavy atom. The molecule has 1 atom stereocenters. The highest BCUT2D eigenvalue weighted by Crippen LogP contribution is 2.15. The molecule has 1 rings (SSSR count). The third-order valence-corrected chi connectivity index (χ3v) is 3.15. The molecule has 2 amide bonds. The van der Waals surface area contributed by atoms with Crippen LogP contribution in [0.3, 0.4) is 0 Å². The fraction of sp³-hybridized carbons (Fsp3) is 0.867. The normalized spacial score (nSPS) is 19.3. The number of hydrogen-bond donors (Lipinski definition) is 1. The molecule has 5 nitrogen and oxygen atoms in total. The zero-order valence-electron chi connectivity index (χ0n) is 13.4. The summed E-state index contributed by atoms with van der Waals surface area (Å²) in [7, 11) is 0. The van der Waals surface area contributed by atoms with Crippen molar-refractivity contribution in [2.24, 2.45) is 5.92 Å². The lowest BCUT2D eigenvalue weighted by molar-refractivity contribution is -0.122. The molecule has 1 aliphatic rings. The fourth-order valence-electron chi connectivity index (χ4n) is 2.09. The van der Waals surface area contributed by atoms with E-state index in [1.165, 1.54) is 0 Å². The van der Waals surface area contributed by atoms with Crippen LogP contribution >= 0.6 is 0 Å². The van der Waals surface area contributed by atoms with E-state index in [4.69, 9.17) is 4.74 Å². The molecule has 116 valence electrons. The SMILES string of the molecule is CC(C)CCC(=O)NC1CCN(C(=O)OC(C)(C)C)C1. The first-order valence-corrected chi connectivity index (χ1v) is 7.44. The van der Waals surface area contributed by atoms with Crippen molar-refractivity contribution < 1.29 is 14.3 Å². The topological polar surface area (TPSA) is 58.6 Å². The largest absolute Gasteiger partial charge is 0.444 e. The van der Waals surface area contributed by atoms with Crippen molar-refractivity contribution in [3.8, 4) is 0 Å². The van der Waals surface area contributed by atoms with Gasteiger partial charge in [0.25, 0.3) is 0 Å². The number of ether oxygens (including phenoxy) is 1. The number of amides is 2. The molecule has 0 aliphatic carbocycles. The van der Waals surface area contributed by atoms with Gasteiger partial charge in [0.05, 0.1) is 0 Å². The standard InChI is InChI=1S/C15H28N2O3/c1-11(2)6-7-13(18)16-12-8-9-17(10-12)14(19)20-15(3,4)5/h11-12H,6-10H2,1-5H3,(H,16,18). The van der Waals surface area contributed by atoms with E-state index in [2.05, 4.69) is 19.2 Å². The summed E-state index contributed by atoms with van der Waals surface area (Å²) in [6.45, 7) is 11.0. The van der Waals surface area contributed by atoms with Crippen molar-refractivity contribution in [2.75, 3.05) is 13.1 Å². The molecule has 0 radical (unpaired) electrons. The van der Waals surface area contributed by atoms with Gasteiger partial charge in [0.1, 0.15) is 5.60 Å². The molecule has 1 saturated heterocycles. The molecule has 0 aromatic heterocycles. The number of nitrogens with zero attached hydrogens (tertiary/aromatic N) is 1. The van der Waals surface area contributed by atoms with Gasteiger partial charge in [0, 0.05) is 25.6 Å². The minimum absolute atomic E-state index is 0.0576. The Morgan fingerprint density at radius 2 is 2.00 bits per heavy atom. The molecule has 0 spiro atoms. The quantitative estimate of drug-likeness (QED) is 0.863. The van der Waals surface area contributed by atoms with Crippen LogP contribution in [0.15, 0.2) is 0 Å². The average molecular weight is 284 g/mol. The van der Waals surface area contributed by atoms with Crippen LogP contribution < -0.4 is 5.32 Å². The zero-order chi connectivity index (χ0) is 15.3. The number of nitrogens with one attached hydrogen (secondary N) is 1. The van der Waals surface area contributed by atoms with Gasteiger partial charge in [0.15, 0.2) is 0 Å². The Balaban J connectivity index is 2.32. The van der Waals surface area contributed by atoms with Crippen molar-refractivity contribution in [3.63, 3.8) is 0 Å². The molecular formula is C15H28N2O3. The first-order chi connectivity index (χ1) is 9.17. The van der Waals surface area contributed by atoms with Crippen LogP contribution in [0.2, 0.25) is 0 Å². The molecule has 20 heavy (non-hydrogen) atoms. The van der Waals surface area contributed by atoms with Gasteiger partial charge in [-0.25, -0.2) is 4.79 Å². The van der Waals surface area contributed by atoms with Crippen molar-refractivity contribution in [2.45, 2.75) is 65.5 Å². The number of hydrogen-bond acceptors (Lipinski definition) is 3. The summed E-state index contributed by atoms with van der Waals surface area (Å²) in [6.07, 6.45) is 1.96. The molecular weight excluding hydrogens is 256 g/mol. The monoisotopic (exact) mass is 284 g/mol. The third kappa shape index (κ3) is 6.26. The number of carbonyl (C=O) groups is 2. The van der Waals surface area contributed by atoms with E-state index in [1.54, 1.807) is 4.90 Å². The van der Waals surface area contributed by atoms with Crippen molar-refractivity contribution >= 4 is 12.0 Å². The highest BCUT2D eigenvalue weighted by molar-refractivity contribution is 5.76. The molecule has 1 aliphatic heterocycles. The average Bonchev–Trinajstić information content (AvgIpc) is 2.72. The van der Waals surface area contributed by atoms with Gasteiger partial charge in [0.2, 0.25) is 5.91 Å². The molecule has 0 saturated carbocycles. The van der Waals surface area contributed by atoms with Crippen LogP contribution in [0, 0.1) is 5.92 Å². The molecule has 1 N–H and O–H groups in total. The fourth-order valence-corrected chi connectivity index (χ4v) is 2.09. The van der Waals surface area contributed by atoms with E-state index >= 15 is 0 Å². The van der Waals surface area contributed by atoms with Crippen LogP contribution in [0.1, 0.15) is 53.9 Å². The Hall–Kier alpha value is -1.26. The Labute approximate surface area is 122 Å². The van der Waals surface area contributed by atoms with E-state index < -0.39 is 5.60 Å². The van der Waals surface area contributed by atoms with Crippen molar-refractivity contribution in [1.29, 1.82) is 0 Å². The second-order valence-corrected chi connectivity index (χ2v) is 6.91. The van der Waals surface area contributed by atoms with E-state index in [9.17, 15) is 9.59 Å². The number of rotatable bonds is 4. The maximum atomic E-state index is 11.9. The lowest BCUT2D eigenvalue weighted by Gasteiger charge is -2.24. The van der Waals surface area contributed by atoms with Crippen molar-refractivity contribution in [3.05, 3.63) is 0 Å². The number of carbonyl (C=O) groups excluding carboxylic acids is 2. The minimum atomic E-state index is -0.477. The highest BCUT2D eigenvalue weighted by Gasteiger charge is 2.30. The molecule has 0 aromatic carbocycles. The van der Waals surface area contributed by atoms with Crippen LogP contribution in [0.5, 0.6) is 0 Å². The number of likely N-dealkylation sites (tertiary alicyclic amines) is 1. The van der Waals surface area contributed by atoms with E-state index in [1.807, 2.05) is 20.8 Å². The van der Waals surface area contributed by atoms with E-state index in [0.29, 0.717) is 25.4 Å². The maximum Gasteiger partial charge on any atom is 0.410 e. The Bertz CT molecular complexity index is 348. The van der Waals surface area contributed by atoms with Crippen LogP contribution in [-0.4, -0.2) is 41.6 Å². The van der Waals surface area contributed by atoms with Gasteiger partial charge in [-0.1, -0.05) is 13.8 Å². The maximum absolute atomic E-state index is 11.9.